The lowest BCUT2D eigenvalue weighted by Crippen LogP contribution is -1.95. The Morgan fingerprint density at radius 1 is 0.900 bits per heavy atom. The number of hydrogen-bond acceptors (Lipinski definition) is 4. The number of phenolic OH excluding ortho intramolecular Hbond substituents is 1. The van der Waals surface area contributed by atoms with Crippen LogP contribution in [0.5, 0.6) is 28.7 Å². The molecule has 0 saturated heterocycles. The molecule has 2 aromatic carbocycles. The van der Waals surface area contributed by atoms with Crippen LogP contribution in [0.25, 0.3) is 0 Å². The highest BCUT2D eigenvalue weighted by molar-refractivity contribution is 5.55. The minimum atomic E-state index is 0.195. The summed E-state index contributed by atoms with van der Waals surface area (Å²) in [7, 11) is 3.14. The zero-order valence-corrected chi connectivity index (χ0v) is 12.1. The van der Waals surface area contributed by atoms with Gasteiger partial charge in [0.25, 0.3) is 0 Å². The summed E-state index contributed by atoms with van der Waals surface area (Å²) in [5, 5.41) is 9.72. The molecule has 2 aromatic rings. The van der Waals surface area contributed by atoms with Crippen LogP contribution in [-0.4, -0.2) is 19.3 Å². The van der Waals surface area contributed by atoms with E-state index < -0.39 is 0 Å². The van der Waals surface area contributed by atoms with E-state index in [-0.39, 0.29) is 5.75 Å². The van der Waals surface area contributed by atoms with E-state index in [1.807, 2.05) is 26.0 Å². The van der Waals surface area contributed by atoms with Crippen LogP contribution < -0.4 is 14.2 Å². The van der Waals surface area contributed by atoms with Crippen molar-refractivity contribution in [2.45, 2.75) is 13.8 Å². The molecule has 0 aromatic heterocycles. The number of phenols is 1. The number of hydrogen-bond donors (Lipinski definition) is 1. The van der Waals surface area contributed by atoms with E-state index in [2.05, 4.69) is 0 Å². The van der Waals surface area contributed by atoms with Gasteiger partial charge in [0.05, 0.1) is 14.2 Å². The average Bonchev–Trinajstić information content (AvgIpc) is 2.42. The second-order valence-corrected chi connectivity index (χ2v) is 4.55. The van der Waals surface area contributed by atoms with Crippen molar-refractivity contribution in [2.24, 2.45) is 0 Å². The maximum Gasteiger partial charge on any atom is 0.203 e. The first-order valence-corrected chi connectivity index (χ1v) is 6.25. The highest BCUT2D eigenvalue weighted by Gasteiger charge is 2.13. The van der Waals surface area contributed by atoms with Gasteiger partial charge in [-0.2, -0.15) is 0 Å². The van der Waals surface area contributed by atoms with Gasteiger partial charge in [-0.1, -0.05) is 6.07 Å². The van der Waals surface area contributed by atoms with E-state index in [9.17, 15) is 5.11 Å². The van der Waals surface area contributed by atoms with Crippen LogP contribution in [0, 0.1) is 13.8 Å². The van der Waals surface area contributed by atoms with Crippen molar-refractivity contribution in [3.8, 4) is 28.7 Å². The fraction of sp³-hybridized carbons (Fsp3) is 0.250. The van der Waals surface area contributed by atoms with Gasteiger partial charge in [0.1, 0.15) is 11.5 Å². The molecule has 0 radical (unpaired) electrons. The molecule has 4 heteroatoms. The van der Waals surface area contributed by atoms with E-state index in [1.54, 1.807) is 32.4 Å². The quantitative estimate of drug-likeness (QED) is 0.920. The van der Waals surface area contributed by atoms with Gasteiger partial charge in [0.2, 0.25) is 5.75 Å². The summed E-state index contributed by atoms with van der Waals surface area (Å²) in [5.41, 5.74) is 1.79. The number of aromatic hydroxyl groups is 1. The van der Waals surface area contributed by atoms with Gasteiger partial charge in [-0.25, -0.2) is 0 Å². The largest absolute Gasteiger partial charge is 0.508 e. The van der Waals surface area contributed by atoms with Gasteiger partial charge in [-0.05, 0) is 43.2 Å². The zero-order valence-electron chi connectivity index (χ0n) is 12.1. The Bertz CT molecular complexity index is 620. The topological polar surface area (TPSA) is 47.9 Å². The maximum atomic E-state index is 9.72. The number of ether oxygens (including phenoxy) is 3. The van der Waals surface area contributed by atoms with E-state index in [0.717, 1.165) is 11.1 Å². The highest BCUT2D eigenvalue weighted by Crippen LogP contribution is 2.41. The lowest BCUT2D eigenvalue weighted by Gasteiger charge is -2.15. The fourth-order valence-corrected chi connectivity index (χ4v) is 1.92. The molecule has 106 valence electrons. The van der Waals surface area contributed by atoms with Gasteiger partial charge in [-0.15, -0.1) is 0 Å². The lowest BCUT2D eigenvalue weighted by atomic mass is 10.2. The summed E-state index contributed by atoms with van der Waals surface area (Å²) in [6.45, 7) is 3.77. The molecule has 0 fully saturated rings. The van der Waals surface area contributed by atoms with Crippen molar-refractivity contribution in [1.82, 2.24) is 0 Å². The molecule has 20 heavy (non-hydrogen) atoms. The summed E-state index contributed by atoms with van der Waals surface area (Å²) in [5.74, 6) is 2.42. The molecule has 0 spiro atoms. The van der Waals surface area contributed by atoms with Crippen LogP contribution in [0.15, 0.2) is 30.3 Å². The Balaban J connectivity index is 2.41. The molecule has 0 unspecified atom stereocenters. The molecule has 0 bridgehead atoms. The van der Waals surface area contributed by atoms with E-state index in [1.165, 1.54) is 0 Å². The van der Waals surface area contributed by atoms with Crippen molar-refractivity contribution >= 4 is 0 Å². The standard InChI is InChI=1S/C16H18O4/c1-10-7-14(18-3)16(19-4)15(8-10)20-12-6-5-11(2)13(17)9-12/h5-9,17H,1-4H3. The molecule has 0 aliphatic carbocycles. The number of benzene rings is 2. The molecule has 0 atom stereocenters. The Morgan fingerprint density at radius 3 is 2.20 bits per heavy atom. The van der Waals surface area contributed by atoms with Crippen molar-refractivity contribution in [3.05, 3.63) is 41.5 Å². The third-order valence-corrected chi connectivity index (χ3v) is 3.00. The number of rotatable bonds is 4. The molecule has 4 nitrogen and oxygen atoms in total. The first kappa shape index (κ1) is 14.1. The van der Waals surface area contributed by atoms with Gasteiger partial charge >= 0.3 is 0 Å². The Morgan fingerprint density at radius 2 is 1.60 bits per heavy atom. The van der Waals surface area contributed by atoms with Crippen LogP contribution in [-0.2, 0) is 0 Å². The summed E-state index contributed by atoms with van der Waals surface area (Å²) in [6, 6.07) is 8.90. The van der Waals surface area contributed by atoms with Gasteiger partial charge < -0.3 is 19.3 Å². The Kier molecular flexibility index (Phi) is 4.03. The van der Waals surface area contributed by atoms with Crippen molar-refractivity contribution in [3.63, 3.8) is 0 Å². The minimum absolute atomic E-state index is 0.195. The summed E-state index contributed by atoms with van der Waals surface area (Å²) >= 11 is 0. The molecule has 1 N–H and O–H groups in total. The first-order valence-electron chi connectivity index (χ1n) is 6.25. The summed E-state index contributed by atoms with van der Waals surface area (Å²) < 4.78 is 16.4. The number of methoxy groups -OCH3 is 2. The minimum Gasteiger partial charge on any atom is -0.508 e. The monoisotopic (exact) mass is 274 g/mol. The molecule has 0 aliphatic heterocycles. The predicted octanol–water partition coefficient (Wildman–Crippen LogP) is 3.82. The maximum absolute atomic E-state index is 9.72. The van der Waals surface area contributed by atoms with Crippen molar-refractivity contribution in [1.29, 1.82) is 0 Å². The van der Waals surface area contributed by atoms with Crippen LogP contribution in [0.2, 0.25) is 0 Å². The van der Waals surface area contributed by atoms with Crippen LogP contribution >= 0.6 is 0 Å². The molecule has 2 rings (SSSR count). The van der Waals surface area contributed by atoms with E-state index >= 15 is 0 Å². The van der Waals surface area contributed by atoms with Crippen LogP contribution in [0.4, 0.5) is 0 Å². The average molecular weight is 274 g/mol. The van der Waals surface area contributed by atoms with Crippen LogP contribution in [0.3, 0.4) is 0 Å². The van der Waals surface area contributed by atoms with Crippen molar-refractivity contribution in [2.75, 3.05) is 14.2 Å². The predicted molar refractivity (Wildman–Crippen MR) is 77.2 cm³/mol. The SMILES string of the molecule is COc1cc(C)cc(Oc2ccc(C)c(O)c2)c1OC. The molecular formula is C16H18O4. The smallest absolute Gasteiger partial charge is 0.203 e. The second kappa shape index (κ2) is 5.74. The molecule has 0 amide bonds. The molecule has 0 saturated carbocycles. The summed E-state index contributed by atoms with van der Waals surface area (Å²) in [4.78, 5) is 0. The molecule has 0 heterocycles. The van der Waals surface area contributed by atoms with Crippen LogP contribution in [0.1, 0.15) is 11.1 Å². The fourth-order valence-electron chi connectivity index (χ4n) is 1.92. The van der Waals surface area contributed by atoms with Gasteiger partial charge in [0.15, 0.2) is 11.5 Å². The van der Waals surface area contributed by atoms with E-state index in [4.69, 9.17) is 14.2 Å². The molecule has 0 aliphatic rings. The third kappa shape index (κ3) is 2.79. The number of aryl methyl sites for hydroxylation is 2. The summed E-state index contributed by atoms with van der Waals surface area (Å²) in [6.07, 6.45) is 0. The lowest BCUT2D eigenvalue weighted by molar-refractivity contribution is 0.335. The van der Waals surface area contributed by atoms with Gasteiger partial charge in [-0.3, -0.25) is 0 Å². The zero-order chi connectivity index (χ0) is 14.7. The van der Waals surface area contributed by atoms with Gasteiger partial charge in [0, 0.05) is 6.07 Å². The second-order valence-electron chi connectivity index (χ2n) is 4.55. The van der Waals surface area contributed by atoms with Crippen molar-refractivity contribution < 1.29 is 19.3 Å². The first-order chi connectivity index (χ1) is 9.55. The van der Waals surface area contributed by atoms with E-state index in [0.29, 0.717) is 23.0 Å². The highest BCUT2D eigenvalue weighted by atomic mass is 16.5. The Hall–Kier alpha value is -2.36. The molecular weight excluding hydrogens is 256 g/mol. The third-order valence-electron chi connectivity index (χ3n) is 3.00. The normalized spacial score (nSPS) is 10.2. The Labute approximate surface area is 118 Å².